The zero-order valence-electron chi connectivity index (χ0n) is 7.85. The number of phenolic OH excluding ortho intramolecular Hbond substituents is 1. The van der Waals surface area contributed by atoms with E-state index in [4.69, 9.17) is 5.73 Å². The first-order valence-electron chi connectivity index (χ1n) is 4.66. The van der Waals surface area contributed by atoms with Crippen molar-refractivity contribution in [3.63, 3.8) is 0 Å². The molecule has 14 heavy (non-hydrogen) atoms. The highest BCUT2D eigenvalue weighted by atomic mass is 16.3. The molecule has 0 aliphatic rings. The Morgan fingerprint density at radius 1 is 1.43 bits per heavy atom. The predicted octanol–water partition coefficient (Wildman–Crippen LogP) is 1.09. The molecule has 0 aliphatic carbocycles. The standard InChI is InChI=1S/C10H13N3O/c11-5-2-6-13-7-8-9(12-13)3-1-4-10(8)14/h1,3-4,7,14H,2,5-6,11H2. The van der Waals surface area contributed by atoms with Gasteiger partial charge in [0.15, 0.2) is 0 Å². The van der Waals surface area contributed by atoms with E-state index in [1.165, 1.54) is 0 Å². The molecule has 4 nitrogen and oxygen atoms in total. The summed E-state index contributed by atoms with van der Waals surface area (Å²) in [5.74, 6) is 0.279. The number of rotatable bonds is 3. The predicted molar refractivity (Wildman–Crippen MR) is 55.1 cm³/mol. The molecule has 4 heteroatoms. The SMILES string of the molecule is NCCCn1cc2c(O)cccc2n1. The Morgan fingerprint density at radius 3 is 3.00 bits per heavy atom. The highest BCUT2D eigenvalue weighted by Crippen LogP contribution is 2.22. The molecule has 0 aliphatic heterocycles. The van der Waals surface area contributed by atoms with Crippen molar-refractivity contribution in [2.24, 2.45) is 5.73 Å². The Hall–Kier alpha value is -1.55. The van der Waals surface area contributed by atoms with E-state index in [0.29, 0.717) is 6.54 Å². The summed E-state index contributed by atoms with van der Waals surface area (Å²) in [7, 11) is 0. The summed E-state index contributed by atoms with van der Waals surface area (Å²) in [6.07, 6.45) is 2.75. The van der Waals surface area contributed by atoms with Gasteiger partial charge in [0.05, 0.1) is 10.9 Å². The number of benzene rings is 1. The molecule has 0 atom stereocenters. The Morgan fingerprint density at radius 2 is 2.29 bits per heavy atom. The van der Waals surface area contributed by atoms with Crippen LogP contribution in [0.4, 0.5) is 0 Å². The van der Waals surface area contributed by atoms with Crippen LogP contribution >= 0.6 is 0 Å². The number of aryl methyl sites for hydroxylation is 1. The third kappa shape index (κ3) is 1.56. The summed E-state index contributed by atoms with van der Waals surface area (Å²) in [6.45, 7) is 1.45. The van der Waals surface area contributed by atoms with Gasteiger partial charge < -0.3 is 10.8 Å². The van der Waals surface area contributed by atoms with Crippen molar-refractivity contribution in [3.05, 3.63) is 24.4 Å². The molecule has 0 fully saturated rings. The van der Waals surface area contributed by atoms with Crippen LogP contribution in [0, 0.1) is 0 Å². The quantitative estimate of drug-likeness (QED) is 0.763. The van der Waals surface area contributed by atoms with E-state index < -0.39 is 0 Å². The van der Waals surface area contributed by atoms with Crippen molar-refractivity contribution >= 4 is 10.9 Å². The van der Waals surface area contributed by atoms with Crippen molar-refractivity contribution in [2.45, 2.75) is 13.0 Å². The molecule has 0 spiro atoms. The van der Waals surface area contributed by atoms with E-state index in [2.05, 4.69) is 5.10 Å². The van der Waals surface area contributed by atoms with E-state index >= 15 is 0 Å². The maximum absolute atomic E-state index is 9.53. The molecule has 0 bridgehead atoms. The lowest BCUT2D eigenvalue weighted by Crippen LogP contribution is -2.05. The van der Waals surface area contributed by atoms with E-state index in [1.807, 2.05) is 16.9 Å². The molecule has 0 unspecified atom stereocenters. The molecule has 0 saturated heterocycles. The zero-order chi connectivity index (χ0) is 9.97. The second kappa shape index (κ2) is 3.67. The molecule has 0 amide bonds. The smallest absolute Gasteiger partial charge is 0.126 e. The van der Waals surface area contributed by atoms with Gasteiger partial charge in [0.25, 0.3) is 0 Å². The Balaban J connectivity index is 2.36. The monoisotopic (exact) mass is 191 g/mol. The van der Waals surface area contributed by atoms with E-state index in [9.17, 15) is 5.11 Å². The topological polar surface area (TPSA) is 64.1 Å². The molecule has 1 heterocycles. The Kier molecular flexibility index (Phi) is 2.37. The van der Waals surface area contributed by atoms with Crippen LogP contribution < -0.4 is 5.73 Å². The average molecular weight is 191 g/mol. The van der Waals surface area contributed by atoms with Gasteiger partial charge in [-0.05, 0) is 25.1 Å². The van der Waals surface area contributed by atoms with Crippen LogP contribution in [0.1, 0.15) is 6.42 Å². The molecule has 0 saturated carbocycles. The van der Waals surface area contributed by atoms with Gasteiger partial charge in [-0.3, -0.25) is 4.68 Å². The van der Waals surface area contributed by atoms with Crippen LogP contribution in [0.5, 0.6) is 5.75 Å². The molecule has 2 aromatic rings. The Bertz CT molecular complexity index is 436. The van der Waals surface area contributed by atoms with Crippen molar-refractivity contribution in [1.82, 2.24) is 9.78 Å². The lowest BCUT2D eigenvalue weighted by atomic mass is 10.2. The van der Waals surface area contributed by atoms with E-state index in [0.717, 1.165) is 23.9 Å². The van der Waals surface area contributed by atoms with Crippen LogP contribution in [0.25, 0.3) is 10.9 Å². The highest BCUT2D eigenvalue weighted by Gasteiger charge is 2.03. The zero-order valence-corrected chi connectivity index (χ0v) is 7.85. The molecule has 2 rings (SSSR count). The van der Waals surface area contributed by atoms with Crippen LogP contribution in [-0.2, 0) is 6.54 Å². The normalized spacial score (nSPS) is 10.9. The minimum atomic E-state index is 0.279. The van der Waals surface area contributed by atoms with Crippen molar-refractivity contribution in [1.29, 1.82) is 0 Å². The summed E-state index contributed by atoms with van der Waals surface area (Å²) < 4.78 is 1.82. The van der Waals surface area contributed by atoms with Gasteiger partial charge in [0.1, 0.15) is 5.75 Å². The van der Waals surface area contributed by atoms with Gasteiger partial charge in [-0.15, -0.1) is 0 Å². The van der Waals surface area contributed by atoms with Crippen molar-refractivity contribution < 1.29 is 5.11 Å². The minimum Gasteiger partial charge on any atom is -0.507 e. The molecule has 3 N–H and O–H groups in total. The van der Waals surface area contributed by atoms with Gasteiger partial charge in [0, 0.05) is 12.7 Å². The summed E-state index contributed by atoms with van der Waals surface area (Å²) in [6, 6.07) is 5.34. The number of hydrogen-bond donors (Lipinski definition) is 2. The third-order valence-electron chi connectivity index (χ3n) is 2.17. The number of nitrogens with two attached hydrogens (primary N) is 1. The molecular formula is C10H13N3O. The number of aromatic hydroxyl groups is 1. The van der Waals surface area contributed by atoms with Crippen LogP contribution in [0.15, 0.2) is 24.4 Å². The number of hydrogen-bond acceptors (Lipinski definition) is 3. The lowest BCUT2D eigenvalue weighted by Gasteiger charge is -1.96. The maximum atomic E-state index is 9.53. The number of nitrogens with zero attached hydrogens (tertiary/aromatic N) is 2. The van der Waals surface area contributed by atoms with Crippen LogP contribution in [0.3, 0.4) is 0 Å². The van der Waals surface area contributed by atoms with Gasteiger partial charge in [-0.2, -0.15) is 5.10 Å². The molecule has 0 radical (unpaired) electrons. The highest BCUT2D eigenvalue weighted by molar-refractivity contribution is 5.84. The van der Waals surface area contributed by atoms with Crippen molar-refractivity contribution in [2.75, 3.05) is 6.54 Å². The number of phenols is 1. The Labute approximate surface area is 81.9 Å². The summed E-state index contributed by atoms with van der Waals surface area (Å²) in [4.78, 5) is 0. The van der Waals surface area contributed by atoms with Gasteiger partial charge in [-0.1, -0.05) is 6.07 Å². The van der Waals surface area contributed by atoms with Gasteiger partial charge in [-0.25, -0.2) is 0 Å². The van der Waals surface area contributed by atoms with Crippen LogP contribution in [0.2, 0.25) is 0 Å². The first-order valence-corrected chi connectivity index (χ1v) is 4.66. The summed E-state index contributed by atoms with van der Waals surface area (Å²) in [5, 5.41) is 14.6. The second-order valence-electron chi connectivity index (χ2n) is 3.24. The molecule has 1 aromatic carbocycles. The van der Waals surface area contributed by atoms with Crippen molar-refractivity contribution in [3.8, 4) is 5.75 Å². The number of fused-ring (bicyclic) bond motifs is 1. The molecule has 74 valence electrons. The fourth-order valence-electron chi connectivity index (χ4n) is 1.44. The summed E-state index contributed by atoms with van der Waals surface area (Å²) >= 11 is 0. The lowest BCUT2D eigenvalue weighted by molar-refractivity contribution is 0.481. The fourth-order valence-corrected chi connectivity index (χ4v) is 1.44. The molecular weight excluding hydrogens is 178 g/mol. The first-order chi connectivity index (χ1) is 6.81. The second-order valence-corrected chi connectivity index (χ2v) is 3.24. The van der Waals surface area contributed by atoms with E-state index in [-0.39, 0.29) is 5.75 Å². The largest absolute Gasteiger partial charge is 0.507 e. The number of aromatic nitrogens is 2. The third-order valence-corrected chi connectivity index (χ3v) is 2.17. The van der Waals surface area contributed by atoms with E-state index in [1.54, 1.807) is 12.1 Å². The average Bonchev–Trinajstić information content (AvgIpc) is 2.59. The maximum Gasteiger partial charge on any atom is 0.126 e. The van der Waals surface area contributed by atoms with Crippen LogP contribution in [-0.4, -0.2) is 21.4 Å². The van der Waals surface area contributed by atoms with Gasteiger partial charge >= 0.3 is 0 Å². The van der Waals surface area contributed by atoms with Gasteiger partial charge in [0.2, 0.25) is 0 Å². The fraction of sp³-hybridized carbons (Fsp3) is 0.300. The first kappa shape index (κ1) is 9.02. The molecule has 1 aromatic heterocycles. The minimum absolute atomic E-state index is 0.279. The summed E-state index contributed by atoms with van der Waals surface area (Å²) in [5.41, 5.74) is 6.23.